The summed E-state index contributed by atoms with van der Waals surface area (Å²) in [6, 6.07) is 23.7. The van der Waals surface area contributed by atoms with Gasteiger partial charge in [-0.15, -0.1) is 0 Å². The normalized spacial score (nSPS) is 10.7. The van der Waals surface area contributed by atoms with Crippen molar-refractivity contribution in [2.24, 2.45) is 0 Å². The Morgan fingerprint density at radius 3 is 2.48 bits per heavy atom. The molecule has 1 aromatic heterocycles. The monoisotopic (exact) mass is 355 g/mol. The van der Waals surface area contributed by atoms with E-state index < -0.39 is 5.63 Å². The van der Waals surface area contributed by atoms with Crippen LogP contribution in [0.25, 0.3) is 22.1 Å². The van der Waals surface area contributed by atoms with Gasteiger partial charge < -0.3 is 9.73 Å². The van der Waals surface area contributed by atoms with Gasteiger partial charge in [-0.2, -0.15) is 0 Å². The minimum absolute atomic E-state index is 0.197. The van der Waals surface area contributed by atoms with E-state index in [4.69, 9.17) is 4.42 Å². The lowest BCUT2D eigenvalue weighted by molar-refractivity contribution is 0.102. The molecule has 3 aromatic carbocycles. The number of carbonyl (C=O) groups excluding carboxylic acids is 1. The Labute approximate surface area is 156 Å². The van der Waals surface area contributed by atoms with Crippen LogP contribution >= 0.6 is 0 Å². The summed E-state index contributed by atoms with van der Waals surface area (Å²) in [7, 11) is 0. The Morgan fingerprint density at radius 1 is 0.889 bits per heavy atom. The van der Waals surface area contributed by atoms with Gasteiger partial charge in [-0.3, -0.25) is 4.79 Å². The number of amides is 1. The van der Waals surface area contributed by atoms with Crippen LogP contribution in [0.5, 0.6) is 0 Å². The van der Waals surface area contributed by atoms with Crippen LogP contribution in [0.4, 0.5) is 5.69 Å². The lowest BCUT2D eigenvalue weighted by atomic mass is 10.1. The van der Waals surface area contributed by atoms with Crippen LogP contribution in [0.2, 0.25) is 0 Å². The first-order chi connectivity index (χ1) is 13.1. The highest BCUT2D eigenvalue weighted by molar-refractivity contribution is 6.04. The average molecular weight is 355 g/mol. The molecule has 0 fully saturated rings. The molecule has 0 radical (unpaired) electrons. The maximum Gasteiger partial charge on any atom is 0.344 e. The number of hydrogen-bond donors (Lipinski definition) is 1. The molecule has 4 heteroatoms. The summed E-state index contributed by atoms with van der Waals surface area (Å²) >= 11 is 0. The minimum atomic E-state index is -0.407. The predicted molar refractivity (Wildman–Crippen MR) is 107 cm³/mol. The van der Waals surface area contributed by atoms with Gasteiger partial charge >= 0.3 is 5.63 Å². The van der Waals surface area contributed by atoms with E-state index in [-0.39, 0.29) is 5.91 Å². The van der Waals surface area contributed by atoms with Gasteiger partial charge in [0.15, 0.2) is 0 Å². The molecule has 0 saturated heterocycles. The highest BCUT2D eigenvalue weighted by atomic mass is 16.4. The highest BCUT2D eigenvalue weighted by Crippen LogP contribution is 2.23. The molecule has 4 aromatic rings. The number of rotatable bonds is 3. The van der Waals surface area contributed by atoms with Gasteiger partial charge in [-0.05, 0) is 48.9 Å². The summed E-state index contributed by atoms with van der Waals surface area (Å²) in [6.45, 7) is 1.97. The van der Waals surface area contributed by atoms with Crippen molar-refractivity contribution < 1.29 is 9.21 Å². The van der Waals surface area contributed by atoms with Crippen LogP contribution in [0, 0.1) is 6.92 Å². The van der Waals surface area contributed by atoms with E-state index in [2.05, 4.69) is 5.32 Å². The third-order valence-corrected chi connectivity index (χ3v) is 4.39. The number of benzene rings is 3. The molecule has 1 N–H and O–H groups in total. The molecule has 0 aliphatic heterocycles. The summed E-state index contributed by atoms with van der Waals surface area (Å²) < 4.78 is 5.41. The molecule has 0 atom stereocenters. The molecule has 0 aliphatic carbocycles. The van der Waals surface area contributed by atoms with Crippen molar-refractivity contribution in [2.75, 3.05) is 5.32 Å². The van der Waals surface area contributed by atoms with Crippen LogP contribution in [0.1, 0.15) is 15.9 Å². The van der Waals surface area contributed by atoms with Crippen molar-refractivity contribution in [1.29, 1.82) is 0 Å². The van der Waals surface area contributed by atoms with Gasteiger partial charge in [0.25, 0.3) is 5.91 Å². The van der Waals surface area contributed by atoms with Crippen molar-refractivity contribution in [3.8, 4) is 11.1 Å². The Morgan fingerprint density at radius 2 is 1.67 bits per heavy atom. The lowest BCUT2D eigenvalue weighted by Crippen LogP contribution is -2.12. The summed E-state index contributed by atoms with van der Waals surface area (Å²) in [5.74, 6) is -0.197. The van der Waals surface area contributed by atoms with Gasteiger partial charge in [0, 0.05) is 16.6 Å². The SMILES string of the molecule is Cc1ccc(C(=O)Nc2cccc(-c3cc4ccccc4oc3=O)c2)cc1. The zero-order valence-electron chi connectivity index (χ0n) is 14.7. The number of anilines is 1. The third-order valence-electron chi connectivity index (χ3n) is 4.39. The number of para-hydroxylation sites is 1. The van der Waals surface area contributed by atoms with Crippen LogP contribution < -0.4 is 10.9 Å². The second-order valence-electron chi connectivity index (χ2n) is 6.39. The van der Waals surface area contributed by atoms with Crippen LogP contribution in [-0.4, -0.2) is 5.91 Å². The van der Waals surface area contributed by atoms with Gasteiger partial charge in [-0.25, -0.2) is 4.79 Å². The number of aryl methyl sites for hydroxylation is 1. The minimum Gasteiger partial charge on any atom is -0.422 e. The van der Waals surface area contributed by atoms with Crippen LogP contribution in [0.3, 0.4) is 0 Å². The number of carbonyl (C=O) groups is 1. The maximum absolute atomic E-state index is 12.4. The first-order valence-electron chi connectivity index (χ1n) is 8.61. The second kappa shape index (κ2) is 6.92. The molecule has 0 saturated carbocycles. The topological polar surface area (TPSA) is 59.3 Å². The average Bonchev–Trinajstić information content (AvgIpc) is 2.68. The molecular formula is C23H17NO3. The van der Waals surface area contributed by atoms with Crippen LogP contribution in [0.15, 0.2) is 88.1 Å². The van der Waals surface area contributed by atoms with E-state index >= 15 is 0 Å². The van der Waals surface area contributed by atoms with E-state index in [0.717, 1.165) is 10.9 Å². The molecule has 1 heterocycles. The summed E-state index contributed by atoms with van der Waals surface area (Å²) in [5, 5.41) is 3.72. The molecule has 0 bridgehead atoms. The van der Waals surface area contributed by atoms with Gasteiger partial charge in [0.1, 0.15) is 5.58 Å². The van der Waals surface area contributed by atoms with Crippen molar-refractivity contribution >= 4 is 22.6 Å². The first-order valence-corrected chi connectivity index (χ1v) is 8.61. The van der Waals surface area contributed by atoms with Gasteiger partial charge in [0.2, 0.25) is 0 Å². The Balaban J connectivity index is 1.66. The Kier molecular flexibility index (Phi) is 4.30. The van der Waals surface area contributed by atoms with Crippen molar-refractivity contribution in [2.45, 2.75) is 6.92 Å². The quantitative estimate of drug-likeness (QED) is 0.525. The van der Waals surface area contributed by atoms with Gasteiger partial charge in [0.05, 0.1) is 5.56 Å². The Hall–Kier alpha value is -3.66. The smallest absolute Gasteiger partial charge is 0.344 e. The van der Waals surface area contributed by atoms with E-state index in [1.165, 1.54) is 0 Å². The second-order valence-corrected chi connectivity index (χ2v) is 6.39. The highest BCUT2D eigenvalue weighted by Gasteiger charge is 2.10. The van der Waals surface area contributed by atoms with Crippen molar-refractivity contribution in [3.05, 3.63) is 100 Å². The molecule has 0 spiro atoms. The van der Waals surface area contributed by atoms with E-state index in [9.17, 15) is 9.59 Å². The van der Waals surface area contributed by atoms with Crippen molar-refractivity contribution in [1.82, 2.24) is 0 Å². The predicted octanol–water partition coefficient (Wildman–Crippen LogP) is 5.02. The maximum atomic E-state index is 12.4. The summed E-state index contributed by atoms with van der Waals surface area (Å²) in [4.78, 5) is 24.8. The van der Waals surface area contributed by atoms with Crippen LogP contribution in [-0.2, 0) is 0 Å². The standard InChI is InChI=1S/C23H17NO3/c1-15-9-11-16(12-10-15)22(25)24-19-7-4-6-17(13-19)20-14-18-5-2-3-8-21(18)27-23(20)26/h2-14H,1H3,(H,24,25). The van der Waals surface area contributed by atoms with Crippen molar-refractivity contribution in [3.63, 3.8) is 0 Å². The largest absolute Gasteiger partial charge is 0.422 e. The third kappa shape index (κ3) is 3.51. The van der Waals surface area contributed by atoms with E-state index in [1.807, 2.05) is 49.4 Å². The zero-order chi connectivity index (χ0) is 18.8. The fourth-order valence-electron chi connectivity index (χ4n) is 2.94. The molecule has 4 rings (SSSR count). The van der Waals surface area contributed by atoms with E-state index in [1.54, 1.807) is 36.4 Å². The fraction of sp³-hybridized carbons (Fsp3) is 0.0435. The molecule has 27 heavy (non-hydrogen) atoms. The number of nitrogens with one attached hydrogen (secondary N) is 1. The first kappa shape index (κ1) is 16.8. The molecule has 1 amide bonds. The summed E-state index contributed by atoms with van der Waals surface area (Å²) in [6.07, 6.45) is 0. The molecule has 132 valence electrons. The molecule has 0 unspecified atom stereocenters. The lowest BCUT2D eigenvalue weighted by Gasteiger charge is -2.08. The molecular weight excluding hydrogens is 338 g/mol. The molecule has 0 aliphatic rings. The Bertz CT molecular complexity index is 1190. The molecule has 4 nitrogen and oxygen atoms in total. The zero-order valence-corrected chi connectivity index (χ0v) is 14.7. The van der Waals surface area contributed by atoms with E-state index in [0.29, 0.717) is 28.0 Å². The number of hydrogen-bond acceptors (Lipinski definition) is 3. The summed E-state index contributed by atoms with van der Waals surface area (Å²) in [5.41, 5.74) is 3.58. The number of fused-ring (bicyclic) bond motifs is 1. The van der Waals surface area contributed by atoms with Gasteiger partial charge in [-0.1, -0.05) is 48.0 Å². The fourth-order valence-corrected chi connectivity index (χ4v) is 2.94.